The zero-order chi connectivity index (χ0) is 107. The van der Waals surface area contributed by atoms with Crippen LogP contribution in [-0.2, 0) is 65.9 Å². The summed E-state index contributed by atoms with van der Waals surface area (Å²) < 4.78 is 153. The maximum absolute atomic E-state index is 13.5. The molecule has 16 rings (SSSR count). The maximum atomic E-state index is 13.5. The molecule has 0 spiro atoms. The number of aromatic nitrogens is 11. The molecule has 0 unspecified atom stereocenters. The first kappa shape index (κ1) is 131. The summed E-state index contributed by atoms with van der Waals surface area (Å²) in [5.74, 6) is -3.67. The minimum absolute atomic E-state index is 0. The zero-order valence-corrected chi connectivity index (χ0v) is 100.0. The number of methoxy groups -OCH3 is 2. The van der Waals surface area contributed by atoms with Crippen molar-refractivity contribution >= 4 is 73.8 Å². The molecule has 6 aromatic heterocycles. The fraction of sp³-hybridized carbons (Fsp3) is 0.0980. The van der Waals surface area contributed by atoms with E-state index in [1.54, 1.807) is 79.0 Å². The number of carbonyl (C=O) groups is 5. The number of aromatic carboxylic acids is 1. The van der Waals surface area contributed by atoms with Crippen molar-refractivity contribution in [1.29, 1.82) is 0 Å². The molecule has 6 heterocycles. The van der Waals surface area contributed by atoms with Crippen LogP contribution < -0.4 is 211 Å². The Labute approximate surface area is 1010 Å². The smallest absolute Gasteiger partial charge is 1.00 e. The summed E-state index contributed by atoms with van der Waals surface area (Å²) >= 11 is 1.52. The number of carbonyl (C=O) groups excluding carboxylic acids is 4. The molecule has 0 bridgehead atoms. The van der Waals surface area contributed by atoms with Gasteiger partial charge < -0.3 is 47.1 Å². The van der Waals surface area contributed by atoms with Crippen LogP contribution in [0.1, 0.15) is 76.4 Å². The van der Waals surface area contributed by atoms with Gasteiger partial charge in [0, 0.05) is 105 Å². The molecule has 150 heavy (non-hydrogen) atoms. The summed E-state index contributed by atoms with van der Waals surface area (Å²) in [6, 6.07) is 62.7. The second-order valence-corrected chi connectivity index (χ2v) is 39.2. The third kappa shape index (κ3) is 44.5. The molecule has 0 atom stereocenters. The standard InChI is InChI=1S/2C21H15F2N3O2.C19H14F2N2O3.C18H12F2N2O3.C10H6F2N2O.C9H9BrO2.C3H5N.CH2O3.Au.3ClH.2Cs.Na.H2O.H/c1-13-11-24-21(28-13)15-4-2-3-14(7-15)12-26-20(27)6-5-19(25-26)16-8-17(22)10-18(23)9-16;1-2-8-24-21(28)15-5-3-4-14(9-15)13-26-20(27)7-6-19(25-26)16-10-17(22)12-18(23)11-16;1-26-19(25)13-4-2-3-12(7-13)11-23-18(24)6-5-17(22-23)14-8-15(20)10-16(21)9-14;19-14-7-13(8-15(20)9-14)16-4-5-17(23)22(21-16)10-11-2-1-3-12(6-11)18(24)25;11-7-3-6(4-8(12)5-7)9-1-2-10(15)14-13-9;1-12-9(11)8-4-2-3-7(5-8)6-10;1-2-3-4;2-1-4-3;;;;;;;;;/h2-11H,12H2,1H3;1,3-7,9-12H,8,13H2,(H,24,28);2-10H,11H2,1H3;1-9H,10H2,(H,24,25);1-5H,(H,14,15);2-5H,6H2,1H3;1H,3-4H2;1,3H;;3*1H;;;;1H2;/q;;;;;;;;+3;;;;3*+1;;-1/p-5. The summed E-state index contributed by atoms with van der Waals surface area (Å²) in [5, 5.41) is 43.3. The normalized spacial score (nSPS) is 9.94. The number of benzene rings is 10. The number of aryl methyl sites for hydroxylation is 1. The van der Waals surface area contributed by atoms with Gasteiger partial charge in [0.2, 0.25) is 5.89 Å². The molecular weight excluding hydrogens is 2540 g/mol. The van der Waals surface area contributed by atoms with Crippen LogP contribution in [0.25, 0.3) is 67.7 Å². The van der Waals surface area contributed by atoms with Crippen molar-refractivity contribution in [2.24, 2.45) is 5.73 Å². The number of ether oxygens (including phenoxy) is 2. The van der Waals surface area contributed by atoms with Crippen LogP contribution in [0.15, 0.2) is 308 Å². The number of H-pyrrole nitrogens is 1. The van der Waals surface area contributed by atoms with Crippen LogP contribution in [0.4, 0.5) is 43.9 Å². The van der Waals surface area contributed by atoms with Gasteiger partial charge in [-0.25, -0.2) is 87.1 Å². The van der Waals surface area contributed by atoms with E-state index >= 15 is 0 Å². The van der Waals surface area contributed by atoms with E-state index < -0.39 is 90.9 Å². The molecule has 1 amide bonds. The van der Waals surface area contributed by atoms with E-state index in [-0.39, 0.29) is 298 Å². The van der Waals surface area contributed by atoms with Crippen LogP contribution >= 0.6 is 43.5 Å². The average molecular weight is 2620 g/mol. The maximum Gasteiger partial charge on any atom is 1.00 e. The third-order valence-electron chi connectivity index (χ3n) is 18.8. The van der Waals surface area contributed by atoms with E-state index in [0.29, 0.717) is 63.0 Å². The minimum Gasteiger partial charge on any atom is -1.00 e. The first-order valence-corrected chi connectivity index (χ1v) is 50.7. The molecule has 10 aromatic carbocycles. The van der Waals surface area contributed by atoms with Gasteiger partial charge in [0.1, 0.15) is 63.9 Å². The number of alkyl halides is 1. The number of nitrogens with two attached hydrogens (primary N) is 1. The summed E-state index contributed by atoms with van der Waals surface area (Å²) in [6.07, 6.45) is 11.4. The van der Waals surface area contributed by atoms with Gasteiger partial charge in [-0.3, -0.25) is 33.6 Å². The quantitative estimate of drug-likeness (QED) is 0.00776. The van der Waals surface area contributed by atoms with Crippen molar-refractivity contribution in [3.63, 3.8) is 0 Å². The molecule has 0 saturated carbocycles. The van der Waals surface area contributed by atoms with Gasteiger partial charge in [0.25, 0.3) is 40.2 Å². The van der Waals surface area contributed by atoms with E-state index in [1.807, 2.05) is 43.3 Å². The number of hydrogen-bond donors (Lipinski definition) is 4. The number of nitrogens with one attached hydrogen (secondary N) is 2. The second-order valence-electron chi connectivity index (χ2n) is 29.3. The predicted molar refractivity (Wildman–Crippen MR) is 524 cm³/mol. The predicted octanol–water partition coefficient (Wildman–Crippen LogP) is 7.87. The molecule has 0 fully saturated rings. The topological polar surface area (TPSA) is 436 Å². The Morgan fingerprint density at radius 1 is 0.467 bits per heavy atom. The fourth-order valence-corrected chi connectivity index (χ4v) is 12.9. The number of terminal acetylenes is 2. The molecule has 48 heteroatoms. The number of nitrogens with zero attached hydrogens (tertiary/aromatic N) is 10. The van der Waals surface area contributed by atoms with Crippen LogP contribution in [0, 0.1) is 89.8 Å². The van der Waals surface area contributed by atoms with Crippen molar-refractivity contribution in [3.8, 4) is 92.4 Å². The Balaban J connectivity index is 0.000000459. The Kier molecular flexibility index (Phi) is 59.2. The van der Waals surface area contributed by atoms with Crippen molar-refractivity contribution in [2.75, 3.05) is 27.3 Å². The Hall–Kier alpha value is -11.3. The summed E-state index contributed by atoms with van der Waals surface area (Å²) in [5.41, 5.74) is 11.4. The Morgan fingerprint density at radius 2 is 0.753 bits per heavy atom. The summed E-state index contributed by atoms with van der Waals surface area (Å²) in [4.78, 5) is 120. The van der Waals surface area contributed by atoms with Crippen molar-refractivity contribution in [3.05, 3.63) is 445 Å². The molecule has 0 radical (unpaired) electrons. The van der Waals surface area contributed by atoms with Crippen molar-refractivity contribution in [1.82, 2.24) is 59.6 Å². The SMILES string of the molecule is C#CCN.C#CCNC(=O)c1cccc(Cn2nc(-c3cc(F)cc(F)c3)ccc2=O)c1.COC(=O)c1cccc(CBr)c1.COC(=O)c1cccc(Cn2nc(-c3cc(F)cc(F)c3)ccc2=O)c1.Cc1cnc(-c2cccc(Cn3nc(-c4cc(F)cc(F)c4)ccc3=O)c2)o1.O=C(O)c1cccc(Cn2nc(-c3cc(F)cc(F)c3)ccc2=O)c1.O=CO[O-].O=c1ccc(-c2cc(F)cc(F)c2)n[nH]1.[Cl][Au]([Cl])[Cl].[Cs+].[Cs+].[H-].[Na+].[OH-]. The molecule has 0 aliphatic carbocycles. The van der Waals surface area contributed by atoms with Crippen LogP contribution in [0.2, 0.25) is 0 Å². The molecule has 0 aliphatic rings. The van der Waals surface area contributed by atoms with Crippen molar-refractivity contribution in [2.45, 2.75) is 38.4 Å². The molecule has 0 aliphatic heterocycles. The number of oxazole rings is 1. The summed E-state index contributed by atoms with van der Waals surface area (Å²) in [7, 11) is 17.5. The molecule has 30 nitrogen and oxygen atoms in total. The zero-order valence-electron chi connectivity index (χ0n) is 80.4. The van der Waals surface area contributed by atoms with E-state index in [4.69, 9.17) is 59.3 Å². The molecule has 0 saturated heterocycles. The number of carboxylic acids is 1. The Bertz CT molecular complexity index is 7620. The van der Waals surface area contributed by atoms with E-state index in [2.05, 4.69) is 89.4 Å². The molecular formula is C102H79AuBrCl3Cs2F10N13NaO17. The van der Waals surface area contributed by atoms with Crippen LogP contribution in [-0.4, -0.2) is 122 Å². The number of carboxylic acid groups (broad SMARTS) is 1. The monoisotopic (exact) mass is 2620 g/mol. The van der Waals surface area contributed by atoms with Crippen LogP contribution in [0.5, 0.6) is 0 Å². The van der Waals surface area contributed by atoms with Gasteiger partial charge in [-0.1, -0.05) is 88.4 Å². The first-order valence-electron chi connectivity index (χ1n) is 41.5. The second kappa shape index (κ2) is 67.8. The number of amides is 1. The van der Waals surface area contributed by atoms with Gasteiger partial charge in [-0.05, 0) is 186 Å². The number of halogens is 14. The minimum atomic E-state index is -1.79. The average Bonchev–Trinajstić information content (AvgIpc) is 1.03. The van der Waals surface area contributed by atoms with E-state index in [9.17, 15) is 87.1 Å². The van der Waals surface area contributed by atoms with Crippen LogP contribution in [0.3, 0.4) is 0 Å². The van der Waals surface area contributed by atoms with Crippen molar-refractivity contribution < 1.29 is 286 Å². The number of esters is 2. The van der Waals surface area contributed by atoms with Gasteiger partial charge in [0.15, 0.2) is 0 Å². The third-order valence-corrected chi connectivity index (χ3v) is 19.4. The molecule has 6 N–H and O–H groups in total. The van der Waals surface area contributed by atoms with Gasteiger partial charge >= 0.3 is 228 Å². The van der Waals surface area contributed by atoms with E-state index in [0.717, 1.165) is 115 Å². The number of aromatic amines is 1. The van der Waals surface area contributed by atoms with Gasteiger partial charge in [0.05, 0.1) is 105 Å². The molecule has 766 valence electrons. The largest absolute Gasteiger partial charge is 1.00 e. The summed E-state index contributed by atoms with van der Waals surface area (Å²) in [6.45, 7) is 2.49. The molecule has 16 aromatic rings. The first-order chi connectivity index (χ1) is 69.8. The number of hydrogen-bond acceptors (Lipinski definition) is 23. The van der Waals surface area contributed by atoms with Gasteiger partial charge in [-0.15, -0.1) is 12.8 Å². The van der Waals surface area contributed by atoms with Gasteiger partial charge in [-0.2, -0.15) is 25.5 Å². The van der Waals surface area contributed by atoms with E-state index in [1.165, 1.54) is 104 Å². The fourth-order valence-electron chi connectivity index (χ4n) is 12.5. The Morgan fingerprint density at radius 3 is 1.04 bits per heavy atom. The number of rotatable bonds is 21.